The Kier molecular flexibility index (Phi) is 6.92. The van der Waals surface area contributed by atoms with E-state index in [9.17, 15) is 18.7 Å². The van der Waals surface area contributed by atoms with Gasteiger partial charge >= 0.3 is 0 Å². The second kappa shape index (κ2) is 9.70. The number of piperidine rings is 1. The van der Waals surface area contributed by atoms with Crippen LogP contribution in [0.25, 0.3) is 10.2 Å². The summed E-state index contributed by atoms with van der Waals surface area (Å²) in [5, 5.41) is 14.5. The van der Waals surface area contributed by atoms with Crippen LogP contribution in [0.5, 0.6) is 5.75 Å². The van der Waals surface area contributed by atoms with Crippen LogP contribution >= 0.6 is 11.3 Å². The molecule has 4 rings (SSSR count). The number of rotatable bonds is 7. The summed E-state index contributed by atoms with van der Waals surface area (Å²) in [6.07, 6.45) is 0.434. The molecule has 1 aliphatic heterocycles. The maximum atomic E-state index is 13.4. The molecular weight excluding hydrogens is 448 g/mol. The Morgan fingerprint density at radius 1 is 1.27 bits per heavy atom. The van der Waals surface area contributed by atoms with E-state index < -0.39 is 11.7 Å². The Morgan fingerprint density at radius 2 is 2.00 bits per heavy atom. The van der Waals surface area contributed by atoms with Crippen molar-refractivity contribution in [2.45, 2.75) is 38.4 Å². The van der Waals surface area contributed by atoms with Crippen LogP contribution in [-0.4, -0.2) is 52.2 Å². The highest BCUT2D eigenvalue weighted by Crippen LogP contribution is 2.32. The molecule has 6 nitrogen and oxygen atoms in total. The van der Waals surface area contributed by atoms with Crippen LogP contribution in [0.1, 0.15) is 26.7 Å². The predicted octanol–water partition coefficient (Wildman–Crippen LogP) is 4.44. The van der Waals surface area contributed by atoms with E-state index in [-0.39, 0.29) is 30.0 Å². The Labute approximate surface area is 195 Å². The van der Waals surface area contributed by atoms with Crippen molar-refractivity contribution in [2.75, 3.05) is 25.0 Å². The quantitative estimate of drug-likeness (QED) is 0.528. The van der Waals surface area contributed by atoms with Crippen LogP contribution < -0.4 is 10.1 Å². The van der Waals surface area contributed by atoms with Crippen molar-refractivity contribution in [1.82, 2.24) is 9.88 Å². The molecule has 1 saturated heterocycles. The van der Waals surface area contributed by atoms with Gasteiger partial charge in [0.1, 0.15) is 29.1 Å². The lowest BCUT2D eigenvalue weighted by Gasteiger charge is -2.44. The van der Waals surface area contributed by atoms with Crippen molar-refractivity contribution >= 4 is 32.6 Å². The number of likely N-dealkylation sites (tertiary alicyclic amines) is 1. The maximum Gasteiger partial charge on any atom is 0.240 e. The molecule has 2 atom stereocenters. The predicted molar refractivity (Wildman–Crippen MR) is 124 cm³/mol. The highest BCUT2D eigenvalue weighted by molar-refractivity contribution is 7.22. The molecule has 1 aromatic heterocycles. The topological polar surface area (TPSA) is 74.7 Å². The number of hydrogen-bond acceptors (Lipinski definition) is 6. The number of fused-ring (bicyclic) bond motifs is 1. The number of thiazole rings is 1. The molecule has 2 N–H and O–H groups in total. The summed E-state index contributed by atoms with van der Waals surface area (Å²) in [6, 6.07) is 10.00. The minimum absolute atomic E-state index is 0.103. The number of aliphatic hydroxyl groups is 1. The maximum absolute atomic E-state index is 13.4. The monoisotopic (exact) mass is 475 g/mol. The van der Waals surface area contributed by atoms with Crippen molar-refractivity contribution in [3.05, 3.63) is 54.1 Å². The third-order valence-corrected chi connectivity index (χ3v) is 6.64. The van der Waals surface area contributed by atoms with E-state index in [0.29, 0.717) is 47.0 Å². The molecule has 2 aromatic carbocycles. The van der Waals surface area contributed by atoms with Gasteiger partial charge in [-0.1, -0.05) is 25.2 Å². The summed E-state index contributed by atoms with van der Waals surface area (Å²) in [5.74, 6) is -0.230. The number of ether oxygens (including phenoxy) is 1. The number of nitrogens with zero attached hydrogens (tertiary/aromatic N) is 2. The largest absolute Gasteiger partial charge is 0.486 e. The van der Waals surface area contributed by atoms with E-state index in [1.54, 1.807) is 6.07 Å². The van der Waals surface area contributed by atoms with Crippen molar-refractivity contribution in [3.8, 4) is 5.75 Å². The average molecular weight is 476 g/mol. The van der Waals surface area contributed by atoms with Crippen LogP contribution in [0.3, 0.4) is 0 Å². The first-order valence-corrected chi connectivity index (χ1v) is 11.7. The number of halogens is 2. The zero-order chi connectivity index (χ0) is 23.6. The molecule has 9 heteroatoms. The standard InChI is InChI=1S/C24H27F2N3O3S/c1-15(2)12-24(31)9-10-29(13-21(24)32-18-6-3-16(25)4-7-18)14-22(30)28-23-27-19-8-5-17(26)11-20(19)33-23/h3-8,11,15,21,31H,9-10,12-14H2,1-2H3,(H,27,28,30)/t21-,24+/m0/s1. The minimum Gasteiger partial charge on any atom is -0.486 e. The van der Waals surface area contributed by atoms with E-state index in [2.05, 4.69) is 10.3 Å². The van der Waals surface area contributed by atoms with Gasteiger partial charge in [0.2, 0.25) is 5.91 Å². The summed E-state index contributed by atoms with van der Waals surface area (Å²) in [5.41, 5.74) is -0.423. The molecule has 0 spiro atoms. The lowest BCUT2D eigenvalue weighted by atomic mass is 9.81. The highest BCUT2D eigenvalue weighted by Gasteiger charge is 2.43. The molecule has 0 saturated carbocycles. The molecular formula is C24H27F2N3O3S. The first-order valence-electron chi connectivity index (χ1n) is 10.9. The molecule has 33 heavy (non-hydrogen) atoms. The van der Waals surface area contributed by atoms with Gasteiger partial charge in [-0.15, -0.1) is 0 Å². The molecule has 176 valence electrons. The summed E-state index contributed by atoms with van der Waals surface area (Å²) in [7, 11) is 0. The lowest BCUT2D eigenvalue weighted by molar-refractivity contribution is -0.129. The number of carbonyl (C=O) groups excluding carboxylic acids is 1. The third kappa shape index (κ3) is 5.85. The number of amides is 1. The van der Waals surface area contributed by atoms with Crippen LogP contribution in [0.15, 0.2) is 42.5 Å². The van der Waals surface area contributed by atoms with E-state index in [1.807, 2.05) is 18.7 Å². The summed E-state index contributed by atoms with van der Waals surface area (Å²) in [6.45, 7) is 5.06. The molecule has 1 amide bonds. The van der Waals surface area contributed by atoms with Crippen molar-refractivity contribution in [1.29, 1.82) is 0 Å². The van der Waals surface area contributed by atoms with Gasteiger partial charge in [0.05, 0.1) is 16.8 Å². The molecule has 0 bridgehead atoms. The van der Waals surface area contributed by atoms with Gasteiger partial charge in [0.25, 0.3) is 0 Å². The second-order valence-corrected chi connectivity index (χ2v) is 9.96. The van der Waals surface area contributed by atoms with Gasteiger partial charge < -0.3 is 15.2 Å². The van der Waals surface area contributed by atoms with E-state index >= 15 is 0 Å². The molecule has 1 aliphatic rings. The summed E-state index contributed by atoms with van der Waals surface area (Å²) < 4.78 is 33.4. The summed E-state index contributed by atoms with van der Waals surface area (Å²) >= 11 is 1.21. The van der Waals surface area contributed by atoms with Crippen LogP contribution in [0.2, 0.25) is 0 Å². The van der Waals surface area contributed by atoms with Gasteiger partial charge in [-0.2, -0.15) is 0 Å². The Balaban J connectivity index is 1.42. The second-order valence-electron chi connectivity index (χ2n) is 8.93. The van der Waals surface area contributed by atoms with Crippen LogP contribution in [0.4, 0.5) is 13.9 Å². The van der Waals surface area contributed by atoms with Gasteiger partial charge in [0, 0.05) is 13.1 Å². The van der Waals surface area contributed by atoms with E-state index in [0.717, 1.165) is 0 Å². The van der Waals surface area contributed by atoms with Gasteiger partial charge in [0.15, 0.2) is 5.13 Å². The molecule has 1 fully saturated rings. The zero-order valence-electron chi connectivity index (χ0n) is 18.6. The Hall–Kier alpha value is -2.62. The first-order chi connectivity index (χ1) is 15.7. The van der Waals surface area contributed by atoms with Crippen molar-refractivity contribution < 1.29 is 23.4 Å². The van der Waals surface area contributed by atoms with Crippen molar-refractivity contribution in [3.63, 3.8) is 0 Å². The zero-order valence-corrected chi connectivity index (χ0v) is 19.4. The normalized spacial score (nSPS) is 21.5. The minimum atomic E-state index is -1.05. The fourth-order valence-corrected chi connectivity index (χ4v) is 5.14. The van der Waals surface area contributed by atoms with Crippen LogP contribution in [0, 0.1) is 17.6 Å². The SMILES string of the molecule is CC(C)C[C@]1(O)CCN(CC(=O)Nc2nc3ccc(F)cc3s2)C[C@@H]1Oc1ccc(F)cc1. The summed E-state index contributed by atoms with van der Waals surface area (Å²) in [4.78, 5) is 18.9. The number of nitrogens with one attached hydrogen (secondary N) is 1. The van der Waals surface area contributed by atoms with Gasteiger partial charge in [-0.3, -0.25) is 9.69 Å². The first kappa shape index (κ1) is 23.5. The van der Waals surface area contributed by atoms with Gasteiger partial charge in [-0.05, 0) is 61.2 Å². The molecule has 0 radical (unpaired) electrons. The molecule has 2 heterocycles. The molecule has 0 aliphatic carbocycles. The average Bonchev–Trinajstić information content (AvgIpc) is 3.13. The van der Waals surface area contributed by atoms with Crippen molar-refractivity contribution in [2.24, 2.45) is 5.92 Å². The smallest absolute Gasteiger partial charge is 0.240 e. The fourth-order valence-electron chi connectivity index (χ4n) is 4.23. The number of hydrogen-bond donors (Lipinski definition) is 2. The van der Waals surface area contributed by atoms with Crippen LogP contribution in [-0.2, 0) is 4.79 Å². The van der Waals surface area contributed by atoms with E-state index in [4.69, 9.17) is 4.74 Å². The number of anilines is 1. The fraction of sp³-hybridized carbons (Fsp3) is 0.417. The number of benzene rings is 2. The molecule has 3 aromatic rings. The third-order valence-electron chi connectivity index (χ3n) is 5.70. The molecule has 0 unspecified atom stereocenters. The number of carbonyl (C=O) groups is 1. The Morgan fingerprint density at radius 3 is 2.73 bits per heavy atom. The lowest BCUT2D eigenvalue weighted by Crippen LogP contribution is -2.59. The Bertz CT molecular complexity index is 1120. The van der Waals surface area contributed by atoms with Gasteiger partial charge in [-0.25, -0.2) is 13.8 Å². The number of aromatic nitrogens is 1. The van der Waals surface area contributed by atoms with E-state index in [1.165, 1.54) is 47.7 Å². The highest BCUT2D eigenvalue weighted by atomic mass is 32.1.